The number of nitrogens with one attached hydrogen (secondary N) is 1. The van der Waals surface area contributed by atoms with Gasteiger partial charge in [-0.05, 0) is 26.1 Å². The van der Waals surface area contributed by atoms with Gasteiger partial charge in [-0.15, -0.1) is 0 Å². The Morgan fingerprint density at radius 1 is 1.29 bits per heavy atom. The van der Waals surface area contributed by atoms with Gasteiger partial charge in [-0.2, -0.15) is 0 Å². The highest BCUT2D eigenvalue weighted by molar-refractivity contribution is 5.37. The second-order valence-electron chi connectivity index (χ2n) is 5.00. The van der Waals surface area contributed by atoms with Crippen LogP contribution in [-0.2, 0) is 0 Å². The number of hydrogen-bond donors (Lipinski definition) is 1. The second-order valence-corrected chi connectivity index (χ2v) is 5.00. The second kappa shape index (κ2) is 4.67. The summed E-state index contributed by atoms with van der Waals surface area (Å²) in [5.41, 5.74) is 1.35. The fourth-order valence-electron chi connectivity index (χ4n) is 2.99. The first-order valence-electron chi connectivity index (χ1n) is 6.50. The smallest absolute Gasteiger partial charge is 0.124 e. The van der Waals surface area contributed by atoms with Crippen LogP contribution in [-0.4, -0.2) is 37.7 Å². The van der Waals surface area contributed by atoms with Crippen LogP contribution in [0.3, 0.4) is 0 Å². The highest BCUT2D eigenvalue weighted by Gasteiger charge is 2.30. The standard InChI is InChI=1S/C14H20N2O/c1-16(11-6-8-15-10-11)13-7-9-17-14-5-3-2-4-12(13)14/h2-5,11,13,15H,6-10H2,1H3. The van der Waals surface area contributed by atoms with Crippen molar-refractivity contribution in [3.8, 4) is 5.75 Å². The first-order chi connectivity index (χ1) is 8.36. The van der Waals surface area contributed by atoms with Crippen LogP contribution in [0.4, 0.5) is 0 Å². The predicted molar refractivity (Wildman–Crippen MR) is 68.3 cm³/mol. The van der Waals surface area contributed by atoms with E-state index in [4.69, 9.17) is 4.74 Å². The molecule has 3 rings (SSSR count). The minimum atomic E-state index is 0.518. The predicted octanol–water partition coefficient (Wildman–Crippen LogP) is 1.80. The topological polar surface area (TPSA) is 24.5 Å². The van der Waals surface area contributed by atoms with E-state index in [2.05, 4.69) is 41.5 Å². The van der Waals surface area contributed by atoms with E-state index in [9.17, 15) is 0 Å². The van der Waals surface area contributed by atoms with Crippen molar-refractivity contribution in [3.63, 3.8) is 0 Å². The highest BCUT2D eigenvalue weighted by atomic mass is 16.5. The SMILES string of the molecule is CN(C1CCNC1)C1CCOc2ccccc21. The van der Waals surface area contributed by atoms with Crippen LogP contribution in [0, 0.1) is 0 Å². The van der Waals surface area contributed by atoms with Gasteiger partial charge < -0.3 is 10.1 Å². The number of nitrogens with zero attached hydrogens (tertiary/aromatic N) is 1. The average molecular weight is 232 g/mol. The Hall–Kier alpha value is -1.06. The third-order valence-corrected chi connectivity index (χ3v) is 4.03. The Morgan fingerprint density at radius 3 is 3.00 bits per heavy atom. The molecule has 1 N–H and O–H groups in total. The highest BCUT2D eigenvalue weighted by Crippen LogP contribution is 2.36. The number of para-hydroxylation sites is 1. The number of fused-ring (bicyclic) bond motifs is 1. The summed E-state index contributed by atoms with van der Waals surface area (Å²) in [6.07, 6.45) is 2.36. The van der Waals surface area contributed by atoms with Gasteiger partial charge in [0.15, 0.2) is 0 Å². The van der Waals surface area contributed by atoms with Gasteiger partial charge in [0, 0.05) is 30.6 Å². The van der Waals surface area contributed by atoms with Crippen molar-refractivity contribution in [2.45, 2.75) is 24.9 Å². The third-order valence-electron chi connectivity index (χ3n) is 4.03. The van der Waals surface area contributed by atoms with E-state index in [1.165, 1.54) is 12.0 Å². The van der Waals surface area contributed by atoms with Gasteiger partial charge in [0.25, 0.3) is 0 Å². The van der Waals surface area contributed by atoms with E-state index in [0.717, 1.165) is 31.9 Å². The molecular formula is C14H20N2O. The molecule has 1 saturated heterocycles. The molecule has 0 aliphatic carbocycles. The molecule has 17 heavy (non-hydrogen) atoms. The van der Waals surface area contributed by atoms with Gasteiger partial charge in [0.2, 0.25) is 0 Å². The number of hydrogen-bond acceptors (Lipinski definition) is 3. The Bertz CT molecular complexity index is 388. The van der Waals surface area contributed by atoms with Crippen LogP contribution in [0.25, 0.3) is 0 Å². The van der Waals surface area contributed by atoms with Crippen molar-refractivity contribution in [3.05, 3.63) is 29.8 Å². The quantitative estimate of drug-likeness (QED) is 0.841. The molecule has 2 aliphatic rings. The largest absolute Gasteiger partial charge is 0.493 e. The summed E-state index contributed by atoms with van der Waals surface area (Å²) < 4.78 is 5.72. The Kier molecular flexibility index (Phi) is 3.04. The minimum absolute atomic E-state index is 0.518. The number of likely N-dealkylation sites (N-methyl/N-ethyl adjacent to an activating group) is 1. The fourth-order valence-corrected chi connectivity index (χ4v) is 2.99. The molecule has 0 aromatic heterocycles. The van der Waals surface area contributed by atoms with Gasteiger partial charge in [0.05, 0.1) is 6.61 Å². The van der Waals surface area contributed by atoms with Gasteiger partial charge >= 0.3 is 0 Å². The van der Waals surface area contributed by atoms with E-state index >= 15 is 0 Å². The van der Waals surface area contributed by atoms with Crippen LogP contribution < -0.4 is 10.1 Å². The van der Waals surface area contributed by atoms with E-state index in [0.29, 0.717) is 12.1 Å². The van der Waals surface area contributed by atoms with Crippen molar-refractivity contribution in [1.29, 1.82) is 0 Å². The average Bonchev–Trinajstić information content (AvgIpc) is 2.91. The molecule has 0 spiro atoms. The van der Waals surface area contributed by atoms with Gasteiger partial charge in [0.1, 0.15) is 5.75 Å². The summed E-state index contributed by atoms with van der Waals surface area (Å²) in [6, 6.07) is 9.65. The first kappa shape index (κ1) is 11.1. The number of benzene rings is 1. The maximum atomic E-state index is 5.72. The zero-order chi connectivity index (χ0) is 11.7. The zero-order valence-corrected chi connectivity index (χ0v) is 10.4. The van der Waals surface area contributed by atoms with Gasteiger partial charge in [-0.3, -0.25) is 4.90 Å². The summed E-state index contributed by atoms with van der Waals surface area (Å²) in [6.45, 7) is 3.11. The van der Waals surface area contributed by atoms with E-state index in [1.807, 2.05) is 0 Å². The summed E-state index contributed by atoms with van der Waals surface area (Å²) >= 11 is 0. The molecule has 0 radical (unpaired) electrons. The monoisotopic (exact) mass is 232 g/mol. The summed E-state index contributed by atoms with van der Waals surface area (Å²) in [7, 11) is 2.25. The van der Waals surface area contributed by atoms with Gasteiger partial charge in [-0.25, -0.2) is 0 Å². The Labute approximate surface area is 103 Å². The molecule has 0 saturated carbocycles. The van der Waals surface area contributed by atoms with Crippen molar-refractivity contribution in [1.82, 2.24) is 10.2 Å². The maximum absolute atomic E-state index is 5.72. The molecule has 1 aromatic rings. The molecule has 3 heteroatoms. The summed E-state index contributed by atoms with van der Waals surface area (Å²) in [5.74, 6) is 1.07. The molecule has 2 unspecified atom stereocenters. The molecule has 2 aliphatic heterocycles. The first-order valence-corrected chi connectivity index (χ1v) is 6.50. The van der Waals surface area contributed by atoms with E-state index in [-0.39, 0.29) is 0 Å². The Morgan fingerprint density at radius 2 is 2.18 bits per heavy atom. The fraction of sp³-hybridized carbons (Fsp3) is 0.571. The van der Waals surface area contributed by atoms with E-state index in [1.54, 1.807) is 0 Å². The molecule has 0 bridgehead atoms. The Balaban J connectivity index is 1.84. The van der Waals surface area contributed by atoms with Crippen molar-refractivity contribution in [2.75, 3.05) is 26.7 Å². The summed E-state index contributed by atoms with van der Waals surface area (Å²) in [5, 5.41) is 3.44. The molecular weight excluding hydrogens is 212 g/mol. The van der Waals surface area contributed by atoms with Crippen LogP contribution in [0.1, 0.15) is 24.4 Å². The van der Waals surface area contributed by atoms with Crippen molar-refractivity contribution in [2.24, 2.45) is 0 Å². The maximum Gasteiger partial charge on any atom is 0.124 e. The molecule has 92 valence electrons. The summed E-state index contributed by atoms with van der Waals surface area (Å²) in [4.78, 5) is 2.53. The van der Waals surface area contributed by atoms with Crippen LogP contribution in [0.2, 0.25) is 0 Å². The van der Waals surface area contributed by atoms with Crippen LogP contribution in [0.15, 0.2) is 24.3 Å². The van der Waals surface area contributed by atoms with Crippen molar-refractivity contribution < 1.29 is 4.74 Å². The number of rotatable bonds is 2. The van der Waals surface area contributed by atoms with Gasteiger partial charge in [-0.1, -0.05) is 18.2 Å². The third kappa shape index (κ3) is 2.05. The minimum Gasteiger partial charge on any atom is -0.493 e. The molecule has 2 heterocycles. The lowest BCUT2D eigenvalue weighted by molar-refractivity contribution is 0.132. The van der Waals surface area contributed by atoms with Crippen molar-refractivity contribution >= 4 is 0 Å². The normalized spacial score (nSPS) is 27.9. The molecule has 2 atom stereocenters. The van der Waals surface area contributed by atoms with E-state index < -0.39 is 0 Å². The molecule has 3 nitrogen and oxygen atoms in total. The lowest BCUT2D eigenvalue weighted by atomic mass is 9.98. The lowest BCUT2D eigenvalue weighted by Crippen LogP contribution is -2.38. The molecule has 1 fully saturated rings. The molecule has 1 aromatic carbocycles. The van der Waals surface area contributed by atoms with Crippen LogP contribution >= 0.6 is 0 Å². The number of ether oxygens (including phenoxy) is 1. The van der Waals surface area contributed by atoms with Crippen LogP contribution in [0.5, 0.6) is 5.75 Å². The zero-order valence-electron chi connectivity index (χ0n) is 10.4. The lowest BCUT2D eigenvalue weighted by Gasteiger charge is -2.36. The molecule has 0 amide bonds.